The number of anilines is 1. The molecule has 0 radical (unpaired) electrons. The molecule has 9 heteroatoms. The molecule has 0 saturated heterocycles. The van der Waals surface area contributed by atoms with E-state index in [1.165, 1.54) is 6.08 Å². The number of benzene rings is 2. The number of tetrazole rings is 1. The SMILES string of the molecule is Cc1cc(OCCCC(C)C)ccc1C=CC(=O)Nc1cccc2c1OC(c1nn[nH]n1)CO2. The number of hydrogen-bond acceptors (Lipinski definition) is 7. The van der Waals surface area contributed by atoms with Gasteiger partial charge in [-0.3, -0.25) is 4.79 Å². The molecule has 2 heterocycles. The van der Waals surface area contributed by atoms with E-state index < -0.39 is 6.10 Å². The number of H-pyrrole nitrogens is 1. The Morgan fingerprint density at radius 3 is 2.97 bits per heavy atom. The Balaban J connectivity index is 1.37. The van der Waals surface area contributed by atoms with Crippen molar-refractivity contribution in [3.05, 3.63) is 59.4 Å². The number of para-hydroxylation sites is 1. The number of carbonyl (C=O) groups is 1. The van der Waals surface area contributed by atoms with Crippen molar-refractivity contribution in [3.63, 3.8) is 0 Å². The van der Waals surface area contributed by atoms with Crippen molar-refractivity contribution < 1.29 is 19.0 Å². The topological polar surface area (TPSA) is 111 Å². The van der Waals surface area contributed by atoms with Crippen molar-refractivity contribution in [2.24, 2.45) is 5.92 Å². The minimum absolute atomic E-state index is 0.251. The molecule has 178 valence electrons. The molecule has 3 aromatic rings. The van der Waals surface area contributed by atoms with Gasteiger partial charge < -0.3 is 19.5 Å². The summed E-state index contributed by atoms with van der Waals surface area (Å²) in [5.41, 5.74) is 2.47. The van der Waals surface area contributed by atoms with Gasteiger partial charge in [0.15, 0.2) is 17.6 Å². The number of ether oxygens (including phenoxy) is 3. The van der Waals surface area contributed by atoms with Gasteiger partial charge in [0.1, 0.15) is 12.4 Å². The van der Waals surface area contributed by atoms with Gasteiger partial charge in [-0.1, -0.05) is 31.2 Å². The average Bonchev–Trinajstić information content (AvgIpc) is 3.36. The van der Waals surface area contributed by atoms with E-state index in [9.17, 15) is 4.79 Å². The minimum Gasteiger partial charge on any atom is -0.494 e. The Morgan fingerprint density at radius 2 is 2.21 bits per heavy atom. The van der Waals surface area contributed by atoms with Crippen LogP contribution in [-0.2, 0) is 4.79 Å². The van der Waals surface area contributed by atoms with E-state index in [2.05, 4.69) is 39.8 Å². The quantitative estimate of drug-likeness (QED) is 0.355. The summed E-state index contributed by atoms with van der Waals surface area (Å²) in [7, 11) is 0. The van der Waals surface area contributed by atoms with Gasteiger partial charge >= 0.3 is 0 Å². The van der Waals surface area contributed by atoms with Crippen molar-refractivity contribution in [2.45, 2.75) is 39.7 Å². The highest BCUT2D eigenvalue weighted by Gasteiger charge is 2.28. The van der Waals surface area contributed by atoms with E-state index in [1.807, 2.05) is 25.1 Å². The second-order valence-corrected chi connectivity index (χ2v) is 8.55. The molecule has 0 fully saturated rings. The van der Waals surface area contributed by atoms with E-state index >= 15 is 0 Å². The van der Waals surface area contributed by atoms with Crippen LogP contribution in [0, 0.1) is 12.8 Å². The van der Waals surface area contributed by atoms with Crippen molar-refractivity contribution in [1.29, 1.82) is 0 Å². The molecule has 1 aliphatic heterocycles. The van der Waals surface area contributed by atoms with Crippen LogP contribution in [0.3, 0.4) is 0 Å². The number of aromatic nitrogens is 4. The van der Waals surface area contributed by atoms with Gasteiger partial charge in [0.2, 0.25) is 11.7 Å². The molecule has 1 amide bonds. The number of fused-ring (bicyclic) bond motifs is 1. The molecular weight excluding hydrogens is 434 g/mol. The van der Waals surface area contributed by atoms with Crippen LogP contribution < -0.4 is 19.5 Å². The number of nitrogens with one attached hydrogen (secondary N) is 2. The van der Waals surface area contributed by atoms with Crippen molar-refractivity contribution >= 4 is 17.7 Å². The number of amides is 1. The van der Waals surface area contributed by atoms with Gasteiger partial charge in [0.05, 0.1) is 12.3 Å². The maximum Gasteiger partial charge on any atom is 0.248 e. The van der Waals surface area contributed by atoms with Crippen LogP contribution in [-0.4, -0.2) is 39.7 Å². The van der Waals surface area contributed by atoms with Gasteiger partial charge in [-0.2, -0.15) is 5.21 Å². The Hall–Kier alpha value is -3.88. The standard InChI is InChI=1S/C25H29N5O4/c1-16(2)6-5-13-32-19-11-9-18(17(3)14-19)10-12-23(31)26-20-7-4-8-21-24(20)34-22(15-33-21)25-27-29-30-28-25/h4,7-12,14,16,22H,5-6,13,15H2,1-3H3,(H,26,31)(H,27,28,29,30). The number of carbonyl (C=O) groups excluding carboxylic acids is 1. The van der Waals surface area contributed by atoms with Gasteiger partial charge in [-0.25, -0.2) is 0 Å². The van der Waals surface area contributed by atoms with Crippen LogP contribution in [0.15, 0.2) is 42.5 Å². The predicted molar refractivity (Wildman–Crippen MR) is 128 cm³/mol. The summed E-state index contributed by atoms with van der Waals surface area (Å²) in [6.07, 6.45) is 4.93. The monoisotopic (exact) mass is 463 g/mol. The van der Waals surface area contributed by atoms with Crippen LogP contribution in [0.25, 0.3) is 6.08 Å². The van der Waals surface area contributed by atoms with Crippen LogP contribution in [0.1, 0.15) is 49.7 Å². The number of aryl methyl sites for hydroxylation is 1. The maximum absolute atomic E-state index is 12.6. The van der Waals surface area contributed by atoms with Gasteiger partial charge in [-0.05, 0) is 67.2 Å². The molecule has 4 rings (SSSR count). The van der Waals surface area contributed by atoms with Crippen LogP contribution in [0.4, 0.5) is 5.69 Å². The molecule has 1 aromatic heterocycles. The highest BCUT2D eigenvalue weighted by atomic mass is 16.6. The van der Waals surface area contributed by atoms with E-state index in [-0.39, 0.29) is 12.5 Å². The molecule has 1 aliphatic rings. The molecule has 9 nitrogen and oxygen atoms in total. The number of nitrogens with zero attached hydrogens (tertiary/aromatic N) is 3. The lowest BCUT2D eigenvalue weighted by atomic mass is 10.1. The van der Waals surface area contributed by atoms with Gasteiger partial charge in [0, 0.05) is 6.08 Å². The average molecular weight is 464 g/mol. The third-order valence-corrected chi connectivity index (χ3v) is 5.39. The van der Waals surface area contributed by atoms with Crippen LogP contribution in [0.2, 0.25) is 0 Å². The summed E-state index contributed by atoms with van der Waals surface area (Å²) in [6.45, 7) is 7.37. The van der Waals surface area contributed by atoms with E-state index in [0.29, 0.717) is 35.5 Å². The zero-order chi connectivity index (χ0) is 23.9. The molecule has 0 aliphatic carbocycles. The minimum atomic E-state index is -0.520. The number of rotatable bonds is 9. The molecule has 1 atom stereocenters. The van der Waals surface area contributed by atoms with Crippen LogP contribution in [0.5, 0.6) is 17.2 Å². The normalized spacial score (nSPS) is 15.0. The fourth-order valence-electron chi connectivity index (χ4n) is 3.57. The first-order valence-electron chi connectivity index (χ1n) is 11.4. The van der Waals surface area contributed by atoms with Crippen LogP contribution >= 0.6 is 0 Å². The highest BCUT2D eigenvalue weighted by molar-refractivity contribution is 6.03. The molecular formula is C25H29N5O4. The smallest absolute Gasteiger partial charge is 0.248 e. The van der Waals surface area contributed by atoms with Crippen molar-refractivity contribution in [3.8, 4) is 17.2 Å². The lowest BCUT2D eigenvalue weighted by Crippen LogP contribution is -2.24. The molecule has 0 bridgehead atoms. The Labute approximate surface area is 198 Å². The summed E-state index contributed by atoms with van der Waals surface area (Å²) in [5, 5.41) is 16.7. The molecule has 2 N–H and O–H groups in total. The maximum atomic E-state index is 12.6. The number of hydrogen-bond donors (Lipinski definition) is 2. The summed E-state index contributed by atoms with van der Waals surface area (Å²) in [4.78, 5) is 12.6. The zero-order valence-corrected chi connectivity index (χ0v) is 19.6. The second-order valence-electron chi connectivity index (χ2n) is 8.55. The molecule has 1 unspecified atom stereocenters. The molecule has 2 aromatic carbocycles. The molecule has 34 heavy (non-hydrogen) atoms. The third-order valence-electron chi connectivity index (χ3n) is 5.39. The lowest BCUT2D eigenvalue weighted by Gasteiger charge is -2.26. The second kappa shape index (κ2) is 10.8. The van der Waals surface area contributed by atoms with Gasteiger partial charge in [-0.15, -0.1) is 10.2 Å². The Morgan fingerprint density at radius 1 is 1.32 bits per heavy atom. The zero-order valence-electron chi connectivity index (χ0n) is 19.6. The first-order valence-corrected chi connectivity index (χ1v) is 11.4. The summed E-state index contributed by atoms with van der Waals surface area (Å²) in [5.74, 6) is 2.59. The first kappa shape index (κ1) is 23.3. The Bertz CT molecular complexity index is 1140. The van der Waals surface area contributed by atoms with Gasteiger partial charge in [0.25, 0.3) is 0 Å². The summed E-state index contributed by atoms with van der Waals surface area (Å²) >= 11 is 0. The van der Waals surface area contributed by atoms with E-state index in [1.54, 1.807) is 24.3 Å². The summed E-state index contributed by atoms with van der Waals surface area (Å²) in [6, 6.07) is 11.2. The fourth-order valence-corrected chi connectivity index (χ4v) is 3.57. The first-order chi connectivity index (χ1) is 16.5. The highest BCUT2D eigenvalue weighted by Crippen LogP contribution is 2.41. The fraction of sp³-hybridized carbons (Fsp3) is 0.360. The Kier molecular flexibility index (Phi) is 7.41. The molecule has 0 saturated carbocycles. The predicted octanol–water partition coefficient (Wildman–Crippen LogP) is 4.49. The van der Waals surface area contributed by atoms with Crippen molar-refractivity contribution in [2.75, 3.05) is 18.5 Å². The van der Waals surface area contributed by atoms with E-state index in [0.717, 1.165) is 29.7 Å². The van der Waals surface area contributed by atoms with Crippen molar-refractivity contribution in [1.82, 2.24) is 20.6 Å². The lowest BCUT2D eigenvalue weighted by molar-refractivity contribution is -0.111. The molecule has 0 spiro atoms. The third kappa shape index (κ3) is 5.92. The largest absolute Gasteiger partial charge is 0.494 e. The van der Waals surface area contributed by atoms with E-state index in [4.69, 9.17) is 14.2 Å². The summed E-state index contributed by atoms with van der Waals surface area (Å²) < 4.78 is 17.6. The number of aromatic amines is 1.